The number of carbonyl (C=O) groups is 2. The summed E-state index contributed by atoms with van der Waals surface area (Å²) < 4.78 is 4.89. The molecule has 2 aromatic rings. The highest BCUT2D eigenvalue weighted by Gasteiger charge is 2.34. The van der Waals surface area contributed by atoms with Crippen LogP contribution in [0.3, 0.4) is 0 Å². The first kappa shape index (κ1) is 20.4. The fourth-order valence-electron chi connectivity index (χ4n) is 2.91. The molecule has 1 heterocycles. The molecule has 2 amide bonds. The number of nitrogens with zero attached hydrogens (tertiary/aromatic N) is 2. The topological polar surface area (TPSA) is 113 Å². The van der Waals surface area contributed by atoms with Gasteiger partial charge in [-0.15, -0.1) is 0 Å². The zero-order valence-corrected chi connectivity index (χ0v) is 16.3. The van der Waals surface area contributed by atoms with Crippen LogP contribution in [0.1, 0.15) is 17.5 Å². The third-order valence-electron chi connectivity index (χ3n) is 4.34. The Labute approximate surface area is 170 Å². The van der Waals surface area contributed by atoms with Crippen molar-refractivity contribution in [1.29, 1.82) is 0 Å². The van der Waals surface area contributed by atoms with Crippen LogP contribution in [0.15, 0.2) is 47.4 Å². The number of imide groups is 1. The molecule has 0 bridgehead atoms. The molecule has 1 aliphatic heterocycles. The van der Waals surface area contributed by atoms with E-state index in [1.54, 1.807) is 0 Å². The smallest absolute Gasteiger partial charge is 0.293 e. The molecule has 0 radical (unpaired) electrons. The minimum atomic E-state index is -0.844. The summed E-state index contributed by atoms with van der Waals surface area (Å²) in [6.07, 6.45) is 2.71. The number of hydrogen-bond donors (Lipinski definition) is 0. The highest BCUT2D eigenvalue weighted by Crippen LogP contribution is 2.37. The van der Waals surface area contributed by atoms with Gasteiger partial charge in [-0.05, 0) is 47.9 Å². The van der Waals surface area contributed by atoms with Gasteiger partial charge in [-0.2, -0.15) is 0 Å². The number of aryl methyl sites for hydroxylation is 1. The van der Waals surface area contributed by atoms with Crippen LogP contribution < -0.4 is 9.84 Å². The maximum atomic E-state index is 12.6. The molecule has 8 nitrogen and oxygen atoms in total. The molecule has 0 aliphatic carbocycles. The SMILES string of the molecule is COc1cc(/C=C2/SC(=O)N(CCCc3ccccc3)C2=O)cc([N+](=O)[O-])c1[O-]. The van der Waals surface area contributed by atoms with Crippen molar-refractivity contribution in [2.45, 2.75) is 12.8 Å². The molecule has 0 unspecified atom stereocenters. The highest BCUT2D eigenvalue weighted by molar-refractivity contribution is 8.18. The van der Waals surface area contributed by atoms with Crippen LogP contribution in [0.25, 0.3) is 6.08 Å². The molecular formula is C20H17N2O6S-. The third kappa shape index (κ3) is 4.57. The average Bonchev–Trinajstić information content (AvgIpc) is 2.97. The first-order valence-electron chi connectivity index (χ1n) is 8.73. The molecule has 0 aromatic heterocycles. The average molecular weight is 413 g/mol. The zero-order valence-electron chi connectivity index (χ0n) is 15.5. The van der Waals surface area contributed by atoms with Crippen LogP contribution in [0.5, 0.6) is 11.5 Å². The summed E-state index contributed by atoms with van der Waals surface area (Å²) in [7, 11) is 1.23. The molecule has 3 rings (SSSR count). The van der Waals surface area contributed by atoms with Gasteiger partial charge in [0.1, 0.15) is 5.75 Å². The second kappa shape index (κ2) is 8.78. The number of rotatable bonds is 7. The lowest BCUT2D eigenvalue weighted by Crippen LogP contribution is -2.29. The third-order valence-corrected chi connectivity index (χ3v) is 5.24. The van der Waals surface area contributed by atoms with Crippen LogP contribution >= 0.6 is 11.8 Å². The Morgan fingerprint density at radius 3 is 2.59 bits per heavy atom. The summed E-state index contributed by atoms with van der Waals surface area (Å²) in [5.74, 6) is -1.50. The molecule has 2 aromatic carbocycles. The van der Waals surface area contributed by atoms with Crippen LogP contribution in [0, 0.1) is 10.1 Å². The number of thioether (sulfide) groups is 1. The lowest BCUT2D eigenvalue weighted by Gasteiger charge is -2.13. The number of ether oxygens (including phenoxy) is 1. The number of benzene rings is 2. The molecule has 0 N–H and O–H groups in total. The molecule has 150 valence electrons. The van der Waals surface area contributed by atoms with Crippen LogP contribution in [-0.2, 0) is 11.2 Å². The van der Waals surface area contributed by atoms with E-state index < -0.39 is 27.5 Å². The lowest BCUT2D eigenvalue weighted by atomic mass is 10.1. The van der Waals surface area contributed by atoms with Gasteiger partial charge >= 0.3 is 0 Å². The Kier molecular flexibility index (Phi) is 6.18. The van der Waals surface area contributed by atoms with E-state index in [-0.39, 0.29) is 22.8 Å². The Morgan fingerprint density at radius 1 is 1.21 bits per heavy atom. The van der Waals surface area contributed by atoms with E-state index in [2.05, 4.69) is 0 Å². The summed E-state index contributed by atoms with van der Waals surface area (Å²) in [4.78, 5) is 36.4. The number of hydrogen-bond acceptors (Lipinski definition) is 7. The summed E-state index contributed by atoms with van der Waals surface area (Å²) >= 11 is 0.765. The van der Waals surface area contributed by atoms with Crippen molar-refractivity contribution >= 4 is 34.7 Å². The second-order valence-corrected chi connectivity index (χ2v) is 7.24. The van der Waals surface area contributed by atoms with Crippen LogP contribution in [0.2, 0.25) is 0 Å². The minimum absolute atomic E-state index is 0.143. The van der Waals surface area contributed by atoms with Gasteiger partial charge in [0, 0.05) is 18.4 Å². The molecule has 0 atom stereocenters. The molecule has 0 saturated carbocycles. The fraction of sp³-hybridized carbons (Fsp3) is 0.200. The first-order chi connectivity index (χ1) is 13.9. The molecule has 0 spiro atoms. The van der Waals surface area contributed by atoms with Crippen LogP contribution in [0.4, 0.5) is 10.5 Å². The van der Waals surface area contributed by atoms with Gasteiger partial charge in [0.25, 0.3) is 16.8 Å². The molecule has 9 heteroatoms. The molecule has 1 aliphatic rings. The van der Waals surface area contributed by atoms with E-state index in [4.69, 9.17) is 4.74 Å². The standard InChI is InChI=1S/C20H18N2O6S/c1-28-16-11-14(10-15(18(16)23)22(26)27)12-17-19(24)21(20(25)29-17)9-5-8-13-6-3-2-4-7-13/h2-4,6-7,10-12,23H,5,8-9H2,1H3/p-1/b17-12+. The van der Waals surface area contributed by atoms with E-state index in [0.29, 0.717) is 6.42 Å². The van der Waals surface area contributed by atoms with Gasteiger partial charge < -0.3 is 9.84 Å². The predicted octanol–water partition coefficient (Wildman–Crippen LogP) is 3.35. The number of methoxy groups -OCH3 is 1. The van der Waals surface area contributed by atoms with E-state index in [1.807, 2.05) is 30.3 Å². The lowest BCUT2D eigenvalue weighted by molar-refractivity contribution is -0.398. The number of carbonyl (C=O) groups excluding carboxylic acids is 2. The van der Waals surface area contributed by atoms with Crippen molar-refractivity contribution < 1.29 is 24.4 Å². The van der Waals surface area contributed by atoms with E-state index in [9.17, 15) is 24.8 Å². The molecule has 1 fully saturated rings. The number of nitro groups is 1. The van der Waals surface area contributed by atoms with Crippen molar-refractivity contribution in [2.75, 3.05) is 13.7 Å². The monoisotopic (exact) mass is 413 g/mol. The number of nitro benzene ring substituents is 1. The van der Waals surface area contributed by atoms with Crippen molar-refractivity contribution in [3.8, 4) is 11.5 Å². The van der Waals surface area contributed by atoms with Gasteiger partial charge in [-0.25, -0.2) is 0 Å². The Morgan fingerprint density at radius 2 is 1.93 bits per heavy atom. The quantitative estimate of drug-likeness (QED) is 0.388. The van der Waals surface area contributed by atoms with Crippen molar-refractivity contribution in [3.63, 3.8) is 0 Å². The molecule has 29 heavy (non-hydrogen) atoms. The van der Waals surface area contributed by atoms with Gasteiger partial charge in [0.2, 0.25) is 0 Å². The summed E-state index contributed by atoms with van der Waals surface area (Å²) in [5.41, 5.74) is 0.702. The Hall–Kier alpha value is -3.33. The van der Waals surface area contributed by atoms with E-state index in [0.717, 1.165) is 34.7 Å². The normalized spacial score (nSPS) is 15.2. The largest absolute Gasteiger partial charge is 0.865 e. The van der Waals surface area contributed by atoms with Gasteiger partial charge in [-0.1, -0.05) is 30.3 Å². The Bertz CT molecular complexity index is 990. The van der Waals surface area contributed by atoms with Gasteiger partial charge in [0.05, 0.1) is 16.9 Å². The molecule has 1 saturated heterocycles. The maximum absolute atomic E-state index is 12.6. The predicted molar refractivity (Wildman–Crippen MR) is 107 cm³/mol. The van der Waals surface area contributed by atoms with Gasteiger partial charge in [-0.3, -0.25) is 24.6 Å². The van der Waals surface area contributed by atoms with Crippen molar-refractivity contribution in [1.82, 2.24) is 4.90 Å². The van der Waals surface area contributed by atoms with E-state index in [1.165, 1.54) is 19.3 Å². The zero-order chi connectivity index (χ0) is 21.0. The van der Waals surface area contributed by atoms with Crippen LogP contribution in [-0.4, -0.2) is 34.6 Å². The minimum Gasteiger partial charge on any atom is -0.865 e. The van der Waals surface area contributed by atoms with Crippen molar-refractivity contribution in [2.24, 2.45) is 0 Å². The number of amides is 2. The molecular weight excluding hydrogens is 396 g/mol. The summed E-state index contributed by atoms with van der Waals surface area (Å²) in [6.45, 7) is 0.278. The summed E-state index contributed by atoms with van der Waals surface area (Å²) in [6, 6.07) is 12.1. The first-order valence-corrected chi connectivity index (χ1v) is 9.55. The summed E-state index contributed by atoms with van der Waals surface area (Å²) in [5, 5.41) is 22.6. The van der Waals surface area contributed by atoms with Crippen molar-refractivity contribution in [3.05, 3.63) is 68.6 Å². The maximum Gasteiger partial charge on any atom is 0.293 e. The van der Waals surface area contributed by atoms with E-state index >= 15 is 0 Å². The Balaban J connectivity index is 1.76. The highest BCUT2D eigenvalue weighted by atomic mass is 32.2. The van der Waals surface area contributed by atoms with Gasteiger partial charge in [0.15, 0.2) is 0 Å². The second-order valence-electron chi connectivity index (χ2n) is 6.25. The fourth-order valence-corrected chi connectivity index (χ4v) is 3.77.